The van der Waals surface area contributed by atoms with Crippen molar-refractivity contribution in [3.8, 4) is 5.75 Å². The Morgan fingerprint density at radius 1 is 1.00 bits per heavy atom. The minimum Gasteiger partial charge on any atom is -0.496 e. The largest absolute Gasteiger partial charge is 0.496 e. The molecule has 2 aliphatic heterocycles. The zero-order valence-electron chi connectivity index (χ0n) is 17.8. The third kappa shape index (κ3) is 5.05. The zero-order valence-corrected chi connectivity index (χ0v) is 17.8. The minimum atomic E-state index is -0.276. The summed E-state index contributed by atoms with van der Waals surface area (Å²) in [5.41, 5.74) is 2.52. The molecule has 2 amide bonds. The normalized spacial score (nSPS) is 17.3. The summed E-state index contributed by atoms with van der Waals surface area (Å²) < 4.78 is 18.9. The predicted octanol–water partition coefficient (Wildman–Crippen LogP) is 2.91. The summed E-state index contributed by atoms with van der Waals surface area (Å²) in [6.07, 6.45) is 1.56. The molecule has 2 aromatic rings. The molecule has 2 heterocycles. The molecule has 0 aliphatic carbocycles. The number of methoxy groups -OCH3 is 1. The molecule has 0 radical (unpaired) electrons. The van der Waals surface area contributed by atoms with Gasteiger partial charge in [-0.25, -0.2) is 4.39 Å². The van der Waals surface area contributed by atoms with E-state index in [4.69, 9.17) is 4.74 Å². The second kappa shape index (κ2) is 9.47. The first-order valence-electron chi connectivity index (χ1n) is 10.7. The quantitative estimate of drug-likeness (QED) is 0.714. The molecule has 2 aliphatic rings. The molecule has 6 nitrogen and oxygen atoms in total. The Morgan fingerprint density at radius 2 is 1.74 bits per heavy atom. The molecule has 164 valence electrons. The summed E-state index contributed by atoms with van der Waals surface area (Å²) in [7, 11) is 1.58. The zero-order chi connectivity index (χ0) is 21.8. The Labute approximate surface area is 182 Å². The molecule has 2 saturated heterocycles. The van der Waals surface area contributed by atoms with Gasteiger partial charge in [0.1, 0.15) is 11.6 Å². The first-order chi connectivity index (χ1) is 15.0. The molecule has 0 aromatic heterocycles. The Kier molecular flexibility index (Phi) is 6.51. The number of rotatable bonds is 6. The lowest BCUT2D eigenvalue weighted by Gasteiger charge is -2.35. The van der Waals surface area contributed by atoms with Crippen molar-refractivity contribution >= 4 is 11.8 Å². The lowest BCUT2D eigenvalue weighted by Crippen LogP contribution is -2.48. The summed E-state index contributed by atoms with van der Waals surface area (Å²) in [4.78, 5) is 30.6. The number of piperazine rings is 1. The molecule has 0 atom stereocenters. The van der Waals surface area contributed by atoms with Gasteiger partial charge in [0.25, 0.3) is 5.91 Å². The molecule has 7 heteroatoms. The van der Waals surface area contributed by atoms with E-state index in [1.165, 1.54) is 12.1 Å². The van der Waals surface area contributed by atoms with Crippen molar-refractivity contribution in [2.75, 3.05) is 39.8 Å². The van der Waals surface area contributed by atoms with E-state index in [1.807, 2.05) is 34.1 Å². The molecule has 0 N–H and O–H groups in total. The number of hydrogen-bond donors (Lipinski definition) is 0. The monoisotopic (exact) mass is 425 g/mol. The highest BCUT2D eigenvalue weighted by molar-refractivity contribution is 5.94. The first-order valence-corrected chi connectivity index (χ1v) is 10.7. The molecule has 0 bridgehead atoms. The van der Waals surface area contributed by atoms with Crippen LogP contribution in [0.4, 0.5) is 4.39 Å². The summed E-state index contributed by atoms with van der Waals surface area (Å²) in [6, 6.07) is 12.1. The van der Waals surface area contributed by atoms with E-state index in [2.05, 4.69) is 4.90 Å². The maximum Gasteiger partial charge on any atom is 0.253 e. The molecule has 2 aromatic carbocycles. The van der Waals surface area contributed by atoms with Gasteiger partial charge in [-0.1, -0.05) is 12.1 Å². The van der Waals surface area contributed by atoms with E-state index in [0.717, 1.165) is 37.2 Å². The molecule has 0 saturated carbocycles. The number of benzene rings is 2. The molecular weight excluding hydrogens is 397 g/mol. The number of carbonyl (C=O) groups excluding carboxylic acids is 2. The van der Waals surface area contributed by atoms with Crippen LogP contribution in [0.3, 0.4) is 0 Å². The molecule has 2 fully saturated rings. The van der Waals surface area contributed by atoms with Crippen molar-refractivity contribution in [2.24, 2.45) is 0 Å². The van der Waals surface area contributed by atoms with Gasteiger partial charge in [-0.05, 0) is 42.3 Å². The van der Waals surface area contributed by atoms with Gasteiger partial charge in [-0.3, -0.25) is 14.5 Å². The number of carbonyl (C=O) groups is 2. The van der Waals surface area contributed by atoms with Crippen LogP contribution in [0.5, 0.6) is 5.75 Å². The number of nitrogens with zero attached hydrogens (tertiary/aromatic N) is 3. The van der Waals surface area contributed by atoms with E-state index in [0.29, 0.717) is 43.9 Å². The molecule has 31 heavy (non-hydrogen) atoms. The second-order valence-electron chi connectivity index (χ2n) is 8.14. The van der Waals surface area contributed by atoms with Gasteiger partial charge < -0.3 is 14.5 Å². The van der Waals surface area contributed by atoms with Gasteiger partial charge in [0.2, 0.25) is 5.91 Å². The van der Waals surface area contributed by atoms with Gasteiger partial charge in [0.15, 0.2) is 0 Å². The second-order valence-corrected chi connectivity index (χ2v) is 8.14. The Hall–Kier alpha value is -2.93. The number of likely N-dealkylation sites (tertiary alicyclic amines) is 1. The lowest BCUT2D eigenvalue weighted by atomic mass is 10.1. The van der Waals surface area contributed by atoms with Crippen LogP contribution >= 0.6 is 0 Å². The van der Waals surface area contributed by atoms with Crippen LogP contribution in [0.25, 0.3) is 0 Å². The van der Waals surface area contributed by atoms with E-state index in [-0.39, 0.29) is 17.6 Å². The SMILES string of the molecule is COc1ccc(F)cc1CN1CCN(C(=O)c2ccc(CN3CCCC3=O)cc2)CC1. The summed E-state index contributed by atoms with van der Waals surface area (Å²) in [5, 5.41) is 0. The highest BCUT2D eigenvalue weighted by atomic mass is 19.1. The van der Waals surface area contributed by atoms with Crippen molar-refractivity contribution in [2.45, 2.75) is 25.9 Å². The van der Waals surface area contributed by atoms with E-state index < -0.39 is 0 Å². The maximum atomic E-state index is 13.6. The molecule has 0 spiro atoms. The van der Waals surface area contributed by atoms with Crippen LogP contribution < -0.4 is 4.74 Å². The van der Waals surface area contributed by atoms with Gasteiger partial charge in [-0.2, -0.15) is 0 Å². The van der Waals surface area contributed by atoms with E-state index in [9.17, 15) is 14.0 Å². The number of amides is 2. The summed E-state index contributed by atoms with van der Waals surface area (Å²) in [5.74, 6) is 0.624. The predicted molar refractivity (Wildman–Crippen MR) is 115 cm³/mol. The van der Waals surface area contributed by atoms with Crippen molar-refractivity contribution < 1.29 is 18.7 Å². The lowest BCUT2D eigenvalue weighted by molar-refractivity contribution is -0.128. The third-order valence-corrected chi connectivity index (χ3v) is 6.04. The van der Waals surface area contributed by atoms with Crippen molar-refractivity contribution in [1.29, 1.82) is 0 Å². The van der Waals surface area contributed by atoms with Crippen molar-refractivity contribution in [3.63, 3.8) is 0 Å². The summed E-state index contributed by atoms with van der Waals surface area (Å²) >= 11 is 0. The topological polar surface area (TPSA) is 53.1 Å². The van der Waals surface area contributed by atoms with E-state index >= 15 is 0 Å². The van der Waals surface area contributed by atoms with Crippen LogP contribution in [0.2, 0.25) is 0 Å². The summed E-state index contributed by atoms with van der Waals surface area (Å²) in [6.45, 7) is 4.70. The average Bonchev–Trinajstić information content (AvgIpc) is 3.19. The van der Waals surface area contributed by atoms with Gasteiger partial charge >= 0.3 is 0 Å². The van der Waals surface area contributed by atoms with Crippen LogP contribution in [-0.2, 0) is 17.9 Å². The highest BCUT2D eigenvalue weighted by Crippen LogP contribution is 2.22. The van der Waals surface area contributed by atoms with Crippen molar-refractivity contribution in [1.82, 2.24) is 14.7 Å². The van der Waals surface area contributed by atoms with Crippen LogP contribution in [-0.4, -0.2) is 66.3 Å². The molecular formula is C24H28FN3O3. The fraction of sp³-hybridized carbons (Fsp3) is 0.417. The smallest absolute Gasteiger partial charge is 0.253 e. The van der Waals surface area contributed by atoms with Crippen LogP contribution in [0.1, 0.15) is 34.3 Å². The Bertz CT molecular complexity index is 940. The number of ether oxygens (including phenoxy) is 1. The molecule has 4 rings (SSSR count). The number of halogens is 1. The number of hydrogen-bond acceptors (Lipinski definition) is 4. The van der Waals surface area contributed by atoms with Gasteiger partial charge in [0.05, 0.1) is 7.11 Å². The maximum absolute atomic E-state index is 13.6. The van der Waals surface area contributed by atoms with Crippen LogP contribution in [0.15, 0.2) is 42.5 Å². The third-order valence-electron chi connectivity index (χ3n) is 6.04. The Morgan fingerprint density at radius 3 is 2.39 bits per heavy atom. The van der Waals surface area contributed by atoms with E-state index in [1.54, 1.807) is 13.2 Å². The molecule has 0 unspecified atom stereocenters. The fourth-order valence-electron chi connectivity index (χ4n) is 4.25. The van der Waals surface area contributed by atoms with Gasteiger partial charge in [0, 0.05) is 63.4 Å². The fourth-order valence-corrected chi connectivity index (χ4v) is 4.25. The Balaban J connectivity index is 1.31. The van der Waals surface area contributed by atoms with Crippen molar-refractivity contribution in [3.05, 3.63) is 65.0 Å². The standard InChI is InChI=1S/C24H28FN3O3/c1-31-22-9-8-21(25)15-20(22)17-26-11-13-27(14-12-26)24(30)19-6-4-18(5-7-19)16-28-10-2-3-23(28)29/h4-9,15H,2-3,10-14,16-17H2,1H3. The van der Waals surface area contributed by atoms with Crippen LogP contribution in [0, 0.1) is 5.82 Å². The average molecular weight is 426 g/mol. The minimum absolute atomic E-state index is 0.0202. The first kappa shape index (κ1) is 21.3. The highest BCUT2D eigenvalue weighted by Gasteiger charge is 2.24. The van der Waals surface area contributed by atoms with Gasteiger partial charge in [-0.15, -0.1) is 0 Å².